The molecular weight excluding hydrogens is 356 g/mol. The van der Waals surface area contributed by atoms with Gasteiger partial charge in [-0.15, -0.1) is 0 Å². The number of thioether (sulfide) groups is 1. The first-order chi connectivity index (χ1) is 12.5. The van der Waals surface area contributed by atoms with Crippen LogP contribution in [0.5, 0.6) is 5.75 Å². The van der Waals surface area contributed by atoms with Crippen molar-refractivity contribution in [2.75, 3.05) is 7.11 Å². The van der Waals surface area contributed by atoms with Crippen molar-refractivity contribution >= 4 is 34.7 Å². The Morgan fingerprint density at radius 3 is 2.58 bits per heavy atom. The number of amides is 2. The van der Waals surface area contributed by atoms with Crippen LogP contribution < -0.4 is 4.74 Å². The molecule has 2 aromatic rings. The normalized spacial score (nSPS) is 15.6. The van der Waals surface area contributed by atoms with Crippen LogP contribution in [0.4, 0.5) is 10.5 Å². The van der Waals surface area contributed by atoms with E-state index in [1.165, 1.54) is 31.4 Å². The zero-order chi connectivity index (χ0) is 18.7. The molecule has 0 atom stereocenters. The predicted molar refractivity (Wildman–Crippen MR) is 97.6 cm³/mol. The largest absolute Gasteiger partial charge is 0.496 e. The number of nitro benzene ring substituents is 1. The summed E-state index contributed by atoms with van der Waals surface area (Å²) in [5.74, 6) is -0.0529. The van der Waals surface area contributed by atoms with Gasteiger partial charge in [-0.1, -0.05) is 30.3 Å². The lowest BCUT2D eigenvalue weighted by atomic mass is 10.1. The molecule has 0 aromatic heterocycles. The number of non-ortho nitro benzene ring substituents is 1. The fourth-order valence-corrected chi connectivity index (χ4v) is 3.32. The molecule has 26 heavy (non-hydrogen) atoms. The highest BCUT2D eigenvalue weighted by Gasteiger charge is 2.35. The number of methoxy groups -OCH3 is 1. The molecule has 2 aromatic carbocycles. The fourth-order valence-electron chi connectivity index (χ4n) is 2.49. The smallest absolute Gasteiger partial charge is 0.293 e. The van der Waals surface area contributed by atoms with Gasteiger partial charge in [0.15, 0.2) is 0 Å². The SMILES string of the molecule is COc1ccc([N+](=O)[O-])cc1/C=C1\SC(=O)N(Cc2ccccc2)C1=O. The molecule has 0 spiro atoms. The van der Waals surface area contributed by atoms with Crippen LogP contribution in [0.15, 0.2) is 53.4 Å². The highest BCUT2D eigenvalue weighted by Crippen LogP contribution is 2.35. The third-order valence-electron chi connectivity index (χ3n) is 3.77. The van der Waals surface area contributed by atoms with Crippen molar-refractivity contribution in [1.82, 2.24) is 4.90 Å². The number of benzene rings is 2. The maximum atomic E-state index is 12.6. The molecule has 132 valence electrons. The molecule has 1 aliphatic heterocycles. The number of nitro groups is 1. The minimum absolute atomic E-state index is 0.124. The highest BCUT2D eigenvalue weighted by molar-refractivity contribution is 8.18. The van der Waals surface area contributed by atoms with E-state index in [1.54, 1.807) is 0 Å². The van der Waals surface area contributed by atoms with Crippen LogP contribution >= 0.6 is 11.8 Å². The molecule has 2 amide bonds. The second-order valence-corrected chi connectivity index (χ2v) is 6.43. The van der Waals surface area contributed by atoms with Gasteiger partial charge in [0, 0.05) is 17.7 Å². The van der Waals surface area contributed by atoms with Gasteiger partial charge in [0.2, 0.25) is 0 Å². The summed E-state index contributed by atoms with van der Waals surface area (Å²) < 4.78 is 5.19. The Hall–Kier alpha value is -3.13. The highest BCUT2D eigenvalue weighted by atomic mass is 32.2. The summed E-state index contributed by atoms with van der Waals surface area (Å²) in [7, 11) is 1.43. The third kappa shape index (κ3) is 3.60. The van der Waals surface area contributed by atoms with Crippen LogP contribution in [0, 0.1) is 10.1 Å². The standard InChI is InChI=1S/C18H14N2O5S/c1-25-15-8-7-14(20(23)24)9-13(15)10-16-17(21)19(18(22)26-16)11-12-5-3-2-4-6-12/h2-10H,11H2,1H3/b16-10-. The van der Waals surface area contributed by atoms with E-state index in [9.17, 15) is 19.7 Å². The average molecular weight is 370 g/mol. The molecule has 0 N–H and O–H groups in total. The van der Waals surface area contributed by atoms with Gasteiger partial charge in [0.05, 0.1) is 23.5 Å². The van der Waals surface area contributed by atoms with Crippen LogP contribution in [0.1, 0.15) is 11.1 Å². The van der Waals surface area contributed by atoms with Crippen molar-refractivity contribution in [1.29, 1.82) is 0 Å². The number of hydrogen-bond donors (Lipinski definition) is 0. The second-order valence-electron chi connectivity index (χ2n) is 5.44. The Balaban J connectivity index is 1.90. The summed E-state index contributed by atoms with van der Waals surface area (Å²) in [6.07, 6.45) is 1.45. The summed E-state index contributed by atoms with van der Waals surface area (Å²) in [5.41, 5.74) is 1.08. The van der Waals surface area contributed by atoms with E-state index in [-0.39, 0.29) is 22.4 Å². The molecule has 1 aliphatic rings. The van der Waals surface area contributed by atoms with Crippen molar-refractivity contribution in [3.05, 3.63) is 74.7 Å². The number of nitrogens with zero attached hydrogens (tertiary/aromatic N) is 2. The minimum Gasteiger partial charge on any atom is -0.496 e. The second kappa shape index (κ2) is 7.40. The molecule has 1 saturated heterocycles. The van der Waals surface area contributed by atoms with Gasteiger partial charge in [-0.2, -0.15) is 0 Å². The Bertz CT molecular complexity index is 911. The molecule has 0 unspecified atom stereocenters. The lowest BCUT2D eigenvalue weighted by Crippen LogP contribution is -2.27. The van der Waals surface area contributed by atoms with E-state index in [4.69, 9.17) is 4.74 Å². The van der Waals surface area contributed by atoms with Gasteiger partial charge in [-0.3, -0.25) is 24.6 Å². The summed E-state index contributed by atoms with van der Waals surface area (Å²) in [6.45, 7) is 0.176. The first kappa shape index (κ1) is 17.7. The van der Waals surface area contributed by atoms with Crippen molar-refractivity contribution in [3.8, 4) is 5.75 Å². The fraction of sp³-hybridized carbons (Fsp3) is 0.111. The molecule has 0 aliphatic carbocycles. The Kier molecular flexibility index (Phi) is 5.04. The topological polar surface area (TPSA) is 89.8 Å². The Morgan fingerprint density at radius 2 is 1.92 bits per heavy atom. The quantitative estimate of drug-likeness (QED) is 0.451. The molecule has 3 rings (SSSR count). The number of carbonyl (C=O) groups excluding carboxylic acids is 2. The number of imide groups is 1. The van der Waals surface area contributed by atoms with E-state index >= 15 is 0 Å². The third-order valence-corrected chi connectivity index (χ3v) is 4.68. The molecule has 1 fully saturated rings. The predicted octanol–water partition coefficient (Wildman–Crippen LogP) is 3.84. The zero-order valence-electron chi connectivity index (χ0n) is 13.7. The van der Waals surface area contributed by atoms with Crippen molar-refractivity contribution in [2.45, 2.75) is 6.54 Å². The average Bonchev–Trinajstić information content (AvgIpc) is 2.90. The van der Waals surface area contributed by atoms with E-state index < -0.39 is 10.8 Å². The van der Waals surface area contributed by atoms with Gasteiger partial charge >= 0.3 is 0 Å². The Labute approximate surface area is 153 Å². The number of ether oxygens (including phenoxy) is 1. The summed E-state index contributed by atoms with van der Waals surface area (Å²) >= 11 is 0.802. The van der Waals surface area contributed by atoms with Gasteiger partial charge in [-0.05, 0) is 29.5 Å². The first-order valence-corrected chi connectivity index (χ1v) is 8.43. The first-order valence-electron chi connectivity index (χ1n) is 7.61. The molecule has 1 heterocycles. The van der Waals surface area contributed by atoms with E-state index in [2.05, 4.69) is 0 Å². The van der Waals surface area contributed by atoms with E-state index in [1.807, 2.05) is 30.3 Å². The molecule has 7 nitrogen and oxygen atoms in total. The maximum absolute atomic E-state index is 12.6. The van der Waals surface area contributed by atoms with Crippen molar-refractivity contribution in [2.24, 2.45) is 0 Å². The lowest BCUT2D eigenvalue weighted by molar-refractivity contribution is -0.384. The van der Waals surface area contributed by atoms with Crippen LogP contribution in [0.25, 0.3) is 6.08 Å². The van der Waals surface area contributed by atoms with Gasteiger partial charge in [0.1, 0.15) is 5.75 Å². The monoisotopic (exact) mass is 370 g/mol. The number of hydrogen-bond acceptors (Lipinski definition) is 6. The molecule has 0 radical (unpaired) electrons. The Morgan fingerprint density at radius 1 is 1.19 bits per heavy atom. The molecule has 8 heteroatoms. The van der Waals surface area contributed by atoms with Crippen molar-refractivity contribution in [3.63, 3.8) is 0 Å². The van der Waals surface area contributed by atoms with Gasteiger partial charge < -0.3 is 4.74 Å². The van der Waals surface area contributed by atoms with E-state index in [0.717, 1.165) is 22.2 Å². The van der Waals surface area contributed by atoms with Crippen LogP contribution in [0.2, 0.25) is 0 Å². The number of carbonyl (C=O) groups is 2. The van der Waals surface area contributed by atoms with Gasteiger partial charge in [0.25, 0.3) is 16.8 Å². The van der Waals surface area contributed by atoms with Crippen LogP contribution in [-0.2, 0) is 11.3 Å². The lowest BCUT2D eigenvalue weighted by Gasteiger charge is -2.12. The van der Waals surface area contributed by atoms with Crippen molar-refractivity contribution < 1.29 is 19.2 Å². The summed E-state index contributed by atoms with van der Waals surface area (Å²) in [6, 6.07) is 13.3. The zero-order valence-corrected chi connectivity index (χ0v) is 14.6. The van der Waals surface area contributed by atoms with Crippen LogP contribution in [0.3, 0.4) is 0 Å². The summed E-state index contributed by atoms with van der Waals surface area (Å²) in [5, 5.41) is 10.6. The van der Waals surface area contributed by atoms with Crippen LogP contribution in [-0.4, -0.2) is 28.1 Å². The molecular formula is C18H14N2O5S. The maximum Gasteiger partial charge on any atom is 0.293 e. The number of rotatable bonds is 5. The summed E-state index contributed by atoms with van der Waals surface area (Å²) in [4.78, 5) is 36.6. The molecule has 0 bridgehead atoms. The van der Waals surface area contributed by atoms with E-state index in [0.29, 0.717) is 11.3 Å². The minimum atomic E-state index is -0.530. The van der Waals surface area contributed by atoms with Gasteiger partial charge in [-0.25, -0.2) is 0 Å². The molecule has 0 saturated carbocycles.